The molecule has 0 aromatic carbocycles. The Balaban J connectivity index is 2.95. The molecule has 0 aliphatic carbocycles. The molecule has 92 valence electrons. The molecule has 0 aliphatic rings. The van der Waals surface area contributed by atoms with Gasteiger partial charge in [0.2, 0.25) is 11.7 Å². The zero-order valence-electron chi connectivity index (χ0n) is 10.7. The lowest BCUT2D eigenvalue weighted by atomic mass is 9.94. The van der Waals surface area contributed by atoms with Crippen molar-refractivity contribution in [2.75, 3.05) is 13.2 Å². The second-order valence-corrected chi connectivity index (χ2v) is 4.95. The second-order valence-electron chi connectivity index (χ2n) is 4.95. The van der Waals surface area contributed by atoms with E-state index >= 15 is 0 Å². The smallest absolute Gasteiger partial charge is 0.233 e. The molecule has 0 amide bonds. The standard InChI is InChI=1S/C11H21N3O2/c1-6-15-11(4,5)8-13-9(16-14-8)10(2,3)7-12/h6-7,12H2,1-5H3. The fourth-order valence-corrected chi connectivity index (χ4v) is 1.26. The summed E-state index contributed by atoms with van der Waals surface area (Å²) in [6.45, 7) is 10.8. The maximum atomic E-state index is 5.66. The van der Waals surface area contributed by atoms with Gasteiger partial charge in [-0.15, -0.1) is 0 Å². The number of nitrogens with two attached hydrogens (primary N) is 1. The van der Waals surface area contributed by atoms with Crippen molar-refractivity contribution in [2.24, 2.45) is 5.73 Å². The van der Waals surface area contributed by atoms with Crippen LogP contribution in [0.1, 0.15) is 46.3 Å². The fraction of sp³-hybridized carbons (Fsp3) is 0.818. The Kier molecular flexibility index (Phi) is 3.70. The van der Waals surface area contributed by atoms with Crippen molar-refractivity contribution in [3.63, 3.8) is 0 Å². The second kappa shape index (κ2) is 4.51. The Morgan fingerprint density at radius 3 is 2.44 bits per heavy atom. The van der Waals surface area contributed by atoms with Crippen LogP contribution in [0.5, 0.6) is 0 Å². The van der Waals surface area contributed by atoms with Crippen molar-refractivity contribution in [1.82, 2.24) is 10.1 Å². The summed E-state index contributed by atoms with van der Waals surface area (Å²) in [7, 11) is 0. The maximum Gasteiger partial charge on any atom is 0.233 e. The van der Waals surface area contributed by atoms with Gasteiger partial charge >= 0.3 is 0 Å². The Morgan fingerprint density at radius 1 is 1.31 bits per heavy atom. The van der Waals surface area contributed by atoms with E-state index < -0.39 is 5.60 Å². The molecule has 1 aromatic rings. The zero-order valence-corrected chi connectivity index (χ0v) is 10.7. The highest BCUT2D eigenvalue weighted by Gasteiger charge is 2.31. The van der Waals surface area contributed by atoms with Crippen LogP contribution in [0.3, 0.4) is 0 Å². The van der Waals surface area contributed by atoms with Crippen molar-refractivity contribution >= 4 is 0 Å². The van der Waals surface area contributed by atoms with E-state index in [4.69, 9.17) is 15.0 Å². The molecule has 0 aliphatic heterocycles. The molecule has 16 heavy (non-hydrogen) atoms. The molecule has 0 fully saturated rings. The van der Waals surface area contributed by atoms with Gasteiger partial charge in [-0.05, 0) is 34.6 Å². The first-order valence-electron chi connectivity index (χ1n) is 5.52. The summed E-state index contributed by atoms with van der Waals surface area (Å²) in [6.07, 6.45) is 0. The fourth-order valence-electron chi connectivity index (χ4n) is 1.26. The molecule has 1 rings (SSSR count). The van der Waals surface area contributed by atoms with Crippen LogP contribution in [0, 0.1) is 0 Å². The van der Waals surface area contributed by atoms with E-state index in [0.717, 1.165) is 0 Å². The highest BCUT2D eigenvalue weighted by atomic mass is 16.5. The third-order valence-corrected chi connectivity index (χ3v) is 2.56. The molecule has 0 saturated heterocycles. The summed E-state index contributed by atoms with van der Waals surface area (Å²) in [5, 5.41) is 3.95. The molecule has 1 aromatic heterocycles. The average Bonchev–Trinajstić information content (AvgIpc) is 2.67. The molecule has 5 nitrogen and oxygen atoms in total. The van der Waals surface area contributed by atoms with E-state index in [9.17, 15) is 0 Å². The van der Waals surface area contributed by atoms with Crippen molar-refractivity contribution in [2.45, 2.75) is 45.6 Å². The molecular weight excluding hydrogens is 206 g/mol. The van der Waals surface area contributed by atoms with Crippen LogP contribution in [0.2, 0.25) is 0 Å². The minimum Gasteiger partial charge on any atom is -0.368 e. The van der Waals surface area contributed by atoms with Gasteiger partial charge in [0.15, 0.2) is 0 Å². The summed E-state index contributed by atoms with van der Waals surface area (Å²) < 4.78 is 10.8. The first-order chi connectivity index (χ1) is 7.33. The number of nitrogens with zero attached hydrogens (tertiary/aromatic N) is 2. The van der Waals surface area contributed by atoms with E-state index in [-0.39, 0.29) is 5.41 Å². The zero-order chi connectivity index (χ0) is 12.4. The quantitative estimate of drug-likeness (QED) is 0.826. The third-order valence-electron chi connectivity index (χ3n) is 2.56. The van der Waals surface area contributed by atoms with Crippen molar-refractivity contribution in [3.8, 4) is 0 Å². The molecule has 0 radical (unpaired) electrons. The monoisotopic (exact) mass is 227 g/mol. The molecule has 0 atom stereocenters. The number of hydrogen-bond donors (Lipinski definition) is 1. The van der Waals surface area contributed by atoms with Gasteiger partial charge in [0, 0.05) is 13.2 Å². The van der Waals surface area contributed by atoms with Gasteiger partial charge in [0.05, 0.1) is 5.41 Å². The van der Waals surface area contributed by atoms with Crippen LogP contribution in [0.25, 0.3) is 0 Å². The number of rotatable bonds is 5. The first-order valence-corrected chi connectivity index (χ1v) is 5.52. The van der Waals surface area contributed by atoms with Crippen molar-refractivity contribution in [3.05, 3.63) is 11.7 Å². The van der Waals surface area contributed by atoms with Gasteiger partial charge in [-0.3, -0.25) is 0 Å². The van der Waals surface area contributed by atoms with Crippen molar-refractivity contribution < 1.29 is 9.26 Å². The normalized spacial score (nSPS) is 13.1. The van der Waals surface area contributed by atoms with Gasteiger partial charge < -0.3 is 15.0 Å². The molecule has 0 spiro atoms. The number of hydrogen-bond acceptors (Lipinski definition) is 5. The summed E-state index contributed by atoms with van der Waals surface area (Å²) >= 11 is 0. The molecule has 0 bridgehead atoms. The van der Waals surface area contributed by atoms with E-state index in [0.29, 0.717) is 24.9 Å². The van der Waals surface area contributed by atoms with Gasteiger partial charge in [-0.1, -0.05) is 5.16 Å². The van der Waals surface area contributed by atoms with Crippen molar-refractivity contribution in [1.29, 1.82) is 0 Å². The lowest BCUT2D eigenvalue weighted by Gasteiger charge is -2.20. The predicted octanol–water partition coefficient (Wildman–Crippen LogP) is 1.58. The Bertz CT molecular complexity index is 345. The topological polar surface area (TPSA) is 74.2 Å². The predicted molar refractivity (Wildman–Crippen MR) is 61.0 cm³/mol. The molecule has 5 heteroatoms. The minimum absolute atomic E-state index is 0.298. The van der Waals surface area contributed by atoms with Crippen LogP contribution in [-0.2, 0) is 15.8 Å². The molecule has 1 heterocycles. The first kappa shape index (κ1) is 13.1. The van der Waals surface area contributed by atoms with Gasteiger partial charge in [-0.25, -0.2) is 0 Å². The minimum atomic E-state index is -0.527. The largest absolute Gasteiger partial charge is 0.368 e. The number of aromatic nitrogens is 2. The Hall–Kier alpha value is -0.940. The molecule has 2 N–H and O–H groups in total. The average molecular weight is 227 g/mol. The summed E-state index contributed by atoms with van der Waals surface area (Å²) in [4.78, 5) is 4.36. The molecular formula is C11H21N3O2. The lowest BCUT2D eigenvalue weighted by molar-refractivity contribution is -0.0221. The summed E-state index contributed by atoms with van der Waals surface area (Å²) in [5.74, 6) is 1.11. The van der Waals surface area contributed by atoms with Crippen LogP contribution in [0.15, 0.2) is 4.52 Å². The molecule has 0 unspecified atom stereocenters. The van der Waals surface area contributed by atoms with Crippen LogP contribution < -0.4 is 5.73 Å². The number of ether oxygens (including phenoxy) is 1. The summed E-state index contributed by atoms with van der Waals surface area (Å²) in [5.41, 5.74) is 4.83. The SMILES string of the molecule is CCOC(C)(C)c1noc(C(C)(C)CN)n1. The highest BCUT2D eigenvalue weighted by Crippen LogP contribution is 2.25. The maximum absolute atomic E-state index is 5.66. The summed E-state index contributed by atoms with van der Waals surface area (Å²) in [6, 6.07) is 0. The highest BCUT2D eigenvalue weighted by molar-refractivity contribution is 5.05. The van der Waals surface area contributed by atoms with E-state index in [1.807, 2.05) is 34.6 Å². The van der Waals surface area contributed by atoms with E-state index in [1.54, 1.807) is 0 Å². The Morgan fingerprint density at radius 2 is 1.94 bits per heavy atom. The van der Waals surface area contributed by atoms with Gasteiger partial charge in [0.25, 0.3) is 0 Å². The Labute approximate surface area is 96.4 Å². The van der Waals surface area contributed by atoms with Crippen LogP contribution >= 0.6 is 0 Å². The van der Waals surface area contributed by atoms with E-state index in [1.165, 1.54) is 0 Å². The molecule has 0 saturated carbocycles. The lowest BCUT2D eigenvalue weighted by Crippen LogP contribution is -2.29. The van der Waals surface area contributed by atoms with Gasteiger partial charge in [0.1, 0.15) is 5.60 Å². The van der Waals surface area contributed by atoms with Crippen LogP contribution in [-0.4, -0.2) is 23.3 Å². The van der Waals surface area contributed by atoms with E-state index in [2.05, 4.69) is 10.1 Å². The van der Waals surface area contributed by atoms with Gasteiger partial charge in [-0.2, -0.15) is 4.98 Å². The third kappa shape index (κ3) is 2.59. The van der Waals surface area contributed by atoms with Crippen LogP contribution in [0.4, 0.5) is 0 Å².